The van der Waals surface area contributed by atoms with Gasteiger partial charge in [0.25, 0.3) is 0 Å². The summed E-state index contributed by atoms with van der Waals surface area (Å²) < 4.78 is 6.76. The Bertz CT molecular complexity index is 874. The van der Waals surface area contributed by atoms with E-state index in [9.17, 15) is 9.59 Å². The average molecular weight is 325 g/mol. The molecule has 0 atom stereocenters. The molecular formula is C17H15N3O4. The Balaban J connectivity index is 1.63. The summed E-state index contributed by atoms with van der Waals surface area (Å²) in [6, 6.07) is 14.5. The molecule has 0 unspecified atom stereocenters. The molecule has 24 heavy (non-hydrogen) atoms. The number of rotatable bonds is 5. The number of imidazole rings is 1. The number of hydrogen-bond donors (Lipinski definition) is 2. The Morgan fingerprint density at radius 2 is 1.92 bits per heavy atom. The average Bonchev–Trinajstić information content (AvgIpc) is 3.04. The zero-order chi connectivity index (χ0) is 16.9. The Hall–Kier alpha value is -3.35. The molecule has 1 aromatic carbocycles. The lowest BCUT2D eigenvalue weighted by Gasteiger charge is -2.09. The van der Waals surface area contributed by atoms with E-state index in [-0.39, 0.29) is 18.8 Å². The van der Waals surface area contributed by atoms with Gasteiger partial charge < -0.3 is 19.6 Å². The van der Waals surface area contributed by atoms with Crippen LogP contribution in [0.2, 0.25) is 0 Å². The van der Waals surface area contributed by atoms with Crippen LogP contribution in [-0.2, 0) is 17.9 Å². The molecule has 122 valence electrons. The van der Waals surface area contributed by atoms with Crippen LogP contribution in [0.4, 0.5) is 4.79 Å². The zero-order valence-electron chi connectivity index (χ0n) is 12.7. The summed E-state index contributed by atoms with van der Waals surface area (Å²) in [5.74, 6) is -1.09. The predicted octanol–water partition coefficient (Wildman–Crippen LogP) is 2.46. The molecule has 7 heteroatoms. The van der Waals surface area contributed by atoms with E-state index in [2.05, 4.69) is 10.3 Å². The second kappa shape index (κ2) is 6.82. The van der Waals surface area contributed by atoms with Crippen molar-refractivity contribution in [3.63, 3.8) is 0 Å². The van der Waals surface area contributed by atoms with Crippen LogP contribution in [0.15, 0.2) is 54.9 Å². The van der Waals surface area contributed by atoms with Gasteiger partial charge in [-0.15, -0.1) is 0 Å². The standard InChI is InChI=1S/C17H15N3O4/c21-16(22)15-14-8-4-7-13(20(14)11-19-15)9-18-17(23)24-10-12-5-2-1-3-6-12/h1-8,11H,9-10H2,(H,18,23)(H,21,22). The molecule has 0 saturated heterocycles. The molecule has 0 spiro atoms. The van der Waals surface area contributed by atoms with Crippen molar-refractivity contribution in [2.45, 2.75) is 13.2 Å². The summed E-state index contributed by atoms with van der Waals surface area (Å²) in [4.78, 5) is 26.8. The molecular weight excluding hydrogens is 310 g/mol. The quantitative estimate of drug-likeness (QED) is 0.751. The van der Waals surface area contributed by atoms with Gasteiger partial charge in [0.2, 0.25) is 0 Å². The molecule has 1 amide bonds. The van der Waals surface area contributed by atoms with Gasteiger partial charge in [-0.2, -0.15) is 0 Å². The summed E-state index contributed by atoms with van der Waals surface area (Å²) in [6.45, 7) is 0.380. The van der Waals surface area contributed by atoms with E-state index in [1.54, 1.807) is 22.6 Å². The predicted molar refractivity (Wildman–Crippen MR) is 85.6 cm³/mol. The molecule has 7 nitrogen and oxygen atoms in total. The van der Waals surface area contributed by atoms with E-state index in [1.165, 1.54) is 6.33 Å². The maximum Gasteiger partial charge on any atom is 0.407 e. The molecule has 3 aromatic rings. The number of carbonyl (C=O) groups is 2. The van der Waals surface area contributed by atoms with E-state index >= 15 is 0 Å². The molecule has 0 aliphatic heterocycles. The zero-order valence-corrected chi connectivity index (χ0v) is 12.7. The smallest absolute Gasteiger partial charge is 0.407 e. The molecule has 2 N–H and O–H groups in total. The third-order valence-electron chi connectivity index (χ3n) is 3.49. The van der Waals surface area contributed by atoms with Crippen LogP contribution in [-0.4, -0.2) is 26.6 Å². The SMILES string of the molecule is O=C(NCc1cccc2c(C(=O)O)ncn12)OCc1ccccc1. The summed E-state index contributed by atoms with van der Waals surface area (Å²) in [7, 11) is 0. The number of nitrogens with one attached hydrogen (secondary N) is 1. The maximum atomic E-state index is 11.8. The Morgan fingerprint density at radius 3 is 2.67 bits per heavy atom. The van der Waals surface area contributed by atoms with Gasteiger partial charge in [0.15, 0.2) is 5.69 Å². The van der Waals surface area contributed by atoms with Crippen LogP contribution in [0.5, 0.6) is 0 Å². The van der Waals surface area contributed by atoms with Crippen molar-refractivity contribution in [1.82, 2.24) is 14.7 Å². The molecule has 0 aliphatic rings. The van der Waals surface area contributed by atoms with E-state index in [0.717, 1.165) is 5.56 Å². The first kappa shape index (κ1) is 15.5. The van der Waals surface area contributed by atoms with E-state index in [1.807, 2.05) is 30.3 Å². The van der Waals surface area contributed by atoms with Crippen LogP contribution >= 0.6 is 0 Å². The number of nitrogens with zero attached hydrogens (tertiary/aromatic N) is 2. The normalized spacial score (nSPS) is 10.5. The Kier molecular flexibility index (Phi) is 4.42. The minimum Gasteiger partial charge on any atom is -0.476 e. The van der Waals surface area contributed by atoms with Gasteiger partial charge in [0, 0.05) is 5.69 Å². The summed E-state index contributed by atoms with van der Waals surface area (Å²) in [5.41, 5.74) is 2.04. The van der Waals surface area contributed by atoms with Gasteiger partial charge in [-0.25, -0.2) is 14.6 Å². The Morgan fingerprint density at radius 1 is 1.12 bits per heavy atom. The van der Waals surface area contributed by atoms with E-state index in [0.29, 0.717) is 11.2 Å². The second-order valence-corrected chi connectivity index (χ2v) is 5.09. The molecule has 0 saturated carbocycles. The molecule has 2 heterocycles. The van der Waals surface area contributed by atoms with Gasteiger partial charge in [-0.05, 0) is 17.7 Å². The van der Waals surface area contributed by atoms with Crippen molar-refractivity contribution in [2.24, 2.45) is 0 Å². The molecule has 0 bridgehead atoms. The lowest BCUT2D eigenvalue weighted by Crippen LogP contribution is -2.24. The van der Waals surface area contributed by atoms with Crippen molar-refractivity contribution < 1.29 is 19.4 Å². The van der Waals surface area contributed by atoms with Crippen LogP contribution in [0.25, 0.3) is 5.52 Å². The van der Waals surface area contributed by atoms with Crippen LogP contribution in [0.3, 0.4) is 0 Å². The van der Waals surface area contributed by atoms with Crippen molar-refractivity contribution in [3.05, 3.63) is 71.8 Å². The van der Waals surface area contributed by atoms with Crippen LogP contribution in [0.1, 0.15) is 21.7 Å². The fraction of sp³-hybridized carbons (Fsp3) is 0.118. The number of carbonyl (C=O) groups excluding carboxylic acids is 1. The highest BCUT2D eigenvalue weighted by atomic mass is 16.5. The van der Waals surface area contributed by atoms with Crippen molar-refractivity contribution >= 4 is 17.6 Å². The number of carboxylic acid groups (broad SMARTS) is 1. The number of ether oxygens (including phenoxy) is 1. The highest BCUT2D eigenvalue weighted by Gasteiger charge is 2.13. The number of amides is 1. The maximum absolute atomic E-state index is 11.8. The van der Waals surface area contributed by atoms with Gasteiger partial charge in [0.1, 0.15) is 12.9 Å². The lowest BCUT2D eigenvalue weighted by molar-refractivity contribution is 0.0693. The summed E-state index contributed by atoms with van der Waals surface area (Å²) in [6.07, 6.45) is 0.875. The minimum atomic E-state index is -1.09. The molecule has 0 fully saturated rings. The number of carboxylic acids is 1. The highest BCUT2D eigenvalue weighted by Crippen LogP contribution is 2.12. The number of hydrogen-bond acceptors (Lipinski definition) is 4. The van der Waals surface area contributed by atoms with Crippen LogP contribution < -0.4 is 5.32 Å². The number of fused-ring (bicyclic) bond motifs is 1. The van der Waals surface area contributed by atoms with Crippen molar-refractivity contribution in [1.29, 1.82) is 0 Å². The minimum absolute atomic E-state index is 0.0245. The van der Waals surface area contributed by atoms with E-state index < -0.39 is 12.1 Å². The first-order valence-electron chi connectivity index (χ1n) is 7.28. The highest BCUT2D eigenvalue weighted by molar-refractivity contribution is 5.93. The van der Waals surface area contributed by atoms with Crippen molar-refractivity contribution in [3.8, 4) is 0 Å². The van der Waals surface area contributed by atoms with Gasteiger partial charge in [-0.1, -0.05) is 36.4 Å². The second-order valence-electron chi connectivity index (χ2n) is 5.09. The molecule has 0 radical (unpaired) electrons. The molecule has 2 aromatic heterocycles. The lowest BCUT2D eigenvalue weighted by atomic mass is 10.2. The first-order valence-corrected chi connectivity index (χ1v) is 7.28. The topological polar surface area (TPSA) is 92.9 Å². The largest absolute Gasteiger partial charge is 0.476 e. The number of pyridine rings is 1. The number of aromatic nitrogens is 2. The Labute approximate surface area is 137 Å². The number of benzene rings is 1. The summed E-state index contributed by atoms with van der Waals surface area (Å²) in [5, 5.41) is 11.7. The van der Waals surface area contributed by atoms with E-state index in [4.69, 9.17) is 9.84 Å². The van der Waals surface area contributed by atoms with Gasteiger partial charge in [-0.3, -0.25) is 0 Å². The molecule has 0 aliphatic carbocycles. The number of alkyl carbamates (subject to hydrolysis) is 1. The fourth-order valence-electron chi connectivity index (χ4n) is 2.32. The van der Waals surface area contributed by atoms with Crippen LogP contribution in [0, 0.1) is 0 Å². The fourth-order valence-corrected chi connectivity index (χ4v) is 2.32. The van der Waals surface area contributed by atoms with Gasteiger partial charge in [0.05, 0.1) is 12.1 Å². The van der Waals surface area contributed by atoms with Gasteiger partial charge >= 0.3 is 12.1 Å². The van der Waals surface area contributed by atoms with Crippen molar-refractivity contribution in [2.75, 3.05) is 0 Å². The third kappa shape index (κ3) is 3.35. The molecule has 3 rings (SSSR count). The third-order valence-corrected chi connectivity index (χ3v) is 3.49. The summed E-state index contributed by atoms with van der Waals surface area (Å²) >= 11 is 0. The monoisotopic (exact) mass is 325 g/mol. The first-order chi connectivity index (χ1) is 11.6. The number of aromatic carboxylic acids is 1.